The molecule has 92 valence electrons. The zero-order chi connectivity index (χ0) is 13.1. The van der Waals surface area contributed by atoms with Crippen molar-refractivity contribution >= 4 is 17.0 Å². The second-order valence-corrected chi connectivity index (χ2v) is 5.56. The van der Waals surface area contributed by atoms with Crippen molar-refractivity contribution in [1.29, 1.82) is 5.26 Å². The van der Waals surface area contributed by atoms with E-state index in [-0.39, 0.29) is 0 Å². The highest BCUT2D eigenvalue weighted by atomic mass is 32.1. The van der Waals surface area contributed by atoms with Crippen molar-refractivity contribution < 1.29 is 4.39 Å². The summed E-state index contributed by atoms with van der Waals surface area (Å²) in [5.74, 6) is -0.390. The van der Waals surface area contributed by atoms with Crippen LogP contribution in [-0.2, 0) is 6.54 Å². The second-order valence-electron chi connectivity index (χ2n) is 4.10. The molecule has 1 heterocycles. The number of anilines is 1. The summed E-state index contributed by atoms with van der Waals surface area (Å²) in [6, 6.07) is 8.47. The van der Waals surface area contributed by atoms with Gasteiger partial charge in [-0.3, -0.25) is 0 Å². The summed E-state index contributed by atoms with van der Waals surface area (Å²) < 4.78 is 13.6. The molecule has 4 heteroatoms. The zero-order valence-corrected chi connectivity index (χ0v) is 11.1. The van der Waals surface area contributed by atoms with E-state index >= 15 is 0 Å². The Morgan fingerprint density at radius 1 is 1.33 bits per heavy atom. The number of halogens is 1. The maximum atomic E-state index is 13.6. The average molecular weight is 260 g/mol. The first-order valence-corrected chi connectivity index (χ1v) is 6.41. The second kappa shape index (κ2) is 5.19. The van der Waals surface area contributed by atoms with Crippen LogP contribution in [0.15, 0.2) is 24.3 Å². The van der Waals surface area contributed by atoms with Crippen LogP contribution in [0.2, 0.25) is 0 Å². The molecular weight excluding hydrogens is 247 g/mol. The van der Waals surface area contributed by atoms with E-state index in [1.165, 1.54) is 21.4 Å². The van der Waals surface area contributed by atoms with Gasteiger partial charge in [0, 0.05) is 16.3 Å². The van der Waals surface area contributed by atoms with Gasteiger partial charge in [0.15, 0.2) is 0 Å². The minimum absolute atomic E-state index is 0.334. The number of nitriles is 1. The lowest BCUT2D eigenvalue weighted by molar-refractivity contribution is 0.629. The van der Waals surface area contributed by atoms with Crippen LogP contribution in [0.25, 0.3) is 0 Å². The zero-order valence-electron chi connectivity index (χ0n) is 10.2. The maximum absolute atomic E-state index is 13.6. The van der Waals surface area contributed by atoms with Gasteiger partial charge in [-0.2, -0.15) is 5.26 Å². The lowest BCUT2D eigenvalue weighted by Gasteiger charge is -2.07. The Bertz CT molecular complexity index is 611. The predicted molar refractivity (Wildman–Crippen MR) is 72.2 cm³/mol. The first kappa shape index (κ1) is 12.6. The Balaban J connectivity index is 2.11. The fraction of sp³-hybridized carbons (Fsp3) is 0.214. The van der Waals surface area contributed by atoms with Crippen LogP contribution in [0.5, 0.6) is 0 Å². The lowest BCUT2D eigenvalue weighted by Crippen LogP contribution is -2.01. The van der Waals surface area contributed by atoms with E-state index in [1.54, 1.807) is 23.5 Å². The maximum Gasteiger partial charge on any atom is 0.147 e. The molecule has 0 aliphatic heterocycles. The third-order valence-corrected chi connectivity index (χ3v) is 3.72. The number of benzene rings is 1. The Morgan fingerprint density at radius 3 is 2.67 bits per heavy atom. The summed E-state index contributed by atoms with van der Waals surface area (Å²) in [6.45, 7) is 4.71. The summed E-state index contributed by atoms with van der Waals surface area (Å²) in [4.78, 5) is 2.50. The predicted octanol–water partition coefficient (Wildman–Crippen LogP) is 3.99. The highest BCUT2D eigenvalue weighted by molar-refractivity contribution is 7.12. The summed E-state index contributed by atoms with van der Waals surface area (Å²) >= 11 is 1.74. The van der Waals surface area contributed by atoms with E-state index in [1.807, 2.05) is 6.07 Å². The quantitative estimate of drug-likeness (QED) is 0.905. The summed E-state index contributed by atoms with van der Waals surface area (Å²) in [7, 11) is 0. The average Bonchev–Trinajstić information content (AvgIpc) is 2.66. The van der Waals surface area contributed by atoms with Gasteiger partial charge in [-0.15, -0.1) is 11.3 Å². The standard InChI is InChI=1S/C14H13FN2S/c1-9-5-12(10(2)18-9)8-17-14-4-3-11(7-16)6-13(14)15/h3-6,17H,8H2,1-2H3. The van der Waals surface area contributed by atoms with E-state index in [9.17, 15) is 4.39 Å². The molecule has 1 aromatic carbocycles. The van der Waals surface area contributed by atoms with Crippen molar-refractivity contribution in [2.24, 2.45) is 0 Å². The first-order chi connectivity index (χ1) is 8.60. The minimum atomic E-state index is -0.390. The molecule has 0 fully saturated rings. The molecule has 0 unspecified atom stereocenters. The van der Waals surface area contributed by atoms with Crippen molar-refractivity contribution in [3.8, 4) is 6.07 Å². The van der Waals surface area contributed by atoms with E-state index in [2.05, 4.69) is 25.2 Å². The van der Waals surface area contributed by atoms with Gasteiger partial charge in [0.2, 0.25) is 0 Å². The van der Waals surface area contributed by atoms with E-state index in [4.69, 9.17) is 5.26 Å². The van der Waals surface area contributed by atoms with Crippen molar-refractivity contribution in [2.75, 3.05) is 5.32 Å². The third kappa shape index (κ3) is 2.69. The van der Waals surface area contributed by atoms with Crippen molar-refractivity contribution in [2.45, 2.75) is 20.4 Å². The van der Waals surface area contributed by atoms with Gasteiger partial charge in [-0.1, -0.05) is 0 Å². The van der Waals surface area contributed by atoms with Gasteiger partial charge in [0.1, 0.15) is 5.82 Å². The van der Waals surface area contributed by atoms with Gasteiger partial charge in [0.05, 0.1) is 17.3 Å². The molecule has 2 nitrogen and oxygen atoms in total. The summed E-state index contributed by atoms with van der Waals surface area (Å²) in [5, 5.41) is 11.7. The van der Waals surface area contributed by atoms with Crippen LogP contribution < -0.4 is 5.32 Å². The van der Waals surface area contributed by atoms with E-state index in [0.29, 0.717) is 17.8 Å². The van der Waals surface area contributed by atoms with Gasteiger partial charge >= 0.3 is 0 Å². The molecule has 1 N–H and O–H groups in total. The van der Waals surface area contributed by atoms with Crippen molar-refractivity contribution in [1.82, 2.24) is 0 Å². The summed E-state index contributed by atoms with van der Waals surface area (Å²) in [6.07, 6.45) is 0. The Morgan fingerprint density at radius 2 is 2.11 bits per heavy atom. The highest BCUT2D eigenvalue weighted by Crippen LogP contribution is 2.22. The molecule has 0 aliphatic rings. The number of hydrogen-bond donors (Lipinski definition) is 1. The molecule has 1 aromatic heterocycles. The van der Waals surface area contributed by atoms with Crippen LogP contribution >= 0.6 is 11.3 Å². The molecule has 2 aromatic rings. The molecular formula is C14H13FN2S. The molecule has 0 spiro atoms. The van der Waals surface area contributed by atoms with Crippen LogP contribution in [0.4, 0.5) is 10.1 Å². The van der Waals surface area contributed by atoms with Gasteiger partial charge in [0.25, 0.3) is 0 Å². The third-order valence-electron chi connectivity index (χ3n) is 2.71. The molecule has 0 aliphatic carbocycles. The Hall–Kier alpha value is -1.86. The number of nitrogens with one attached hydrogen (secondary N) is 1. The van der Waals surface area contributed by atoms with Crippen LogP contribution in [-0.4, -0.2) is 0 Å². The molecule has 0 saturated carbocycles. The normalized spacial score (nSPS) is 10.1. The molecule has 0 bridgehead atoms. The smallest absolute Gasteiger partial charge is 0.147 e. The van der Waals surface area contributed by atoms with Crippen LogP contribution in [0.1, 0.15) is 20.9 Å². The van der Waals surface area contributed by atoms with E-state index in [0.717, 1.165) is 0 Å². The SMILES string of the molecule is Cc1cc(CNc2ccc(C#N)cc2F)c(C)s1. The fourth-order valence-electron chi connectivity index (χ4n) is 1.78. The minimum Gasteiger partial charge on any atom is -0.379 e. The molecule has 0 radical (unpaired) electrons. The monoisotopic (exact) mass is 260 g/mol. The number of aryl methyl sites for hydroxylation is 2. The van der Waals surface area contributed by atoms with E-state index < -0.39 is 5.82 Å². The molecule has 18 heavy (non-hydrogen) atoms. The van der Waals surface area contributed by atoms with Gasteiger partial charge in [-0.05, 0) is 43.7 Å². The number of thiophene rings is 1. The van der Waals surface area contributed by atoms with Crippen LogP contribution in [0, 0.1) is 31.0 Å². The Labute approximate surface area is 110 Å². The molecule has 0 atom stereocenters. The van der Waals surface area contributed by atoms with Gasteiger partial charge in [-0.25, -0.2) is 4.39 Å². The van der Waals surface area contributed by atoms with Crippen molar-refractivity contribution in [3.05, 3.63) is 51.0 Å². The number of nitrogens with zero attached hydrogens (tertiary/aromatic N) is 1. The van der Waals surface area contributed by atoms with Gasteiger partial charge < -0.3 is 5.32 Å². The molecule has 0 saturated heterocycles. The molecule has 2 rings (SSSR count). The topological polar surface area (TPSA) is 35.8 Å². The highest BCUT2D eigenvalue weighted by Gasteiger charge is 2.06. The lowest BCUT2D eigenvalue weighted by atomic mass is 10.2. The Kier molecular flexibility index (Phi) is 3.63. The summed E-state index contributed by atoms with van der Waals surface area (Å²) in [5.41, 5.74) is 1.94. The number of hydrogen-bond acceptors (Lipinski definition) is 3. The largest absolute Gasteiger partial charge is 0.379 e. The fourth-order valence-corrected chi connectivity index (χ4v) is 2.72. The number of rotatable bonds is 3. The molecule has 0 amide bonds. The van der Waals surface area contributed by atoms with Crippen LogP contribution in [0.3, 0.4) is 0 Å². The first-order valence-electron chi connectivity index (χ1n) is 5.59. The van der Waals surface area contributed by atoms with Crippen molar-refractivity contribution in [3.63, 3.8) is 0 Å².